The largest absolute Gasteiger partial charge is 0.493 e. The Labute approximate surface area is 178 Å². The molecule has 1 saturated heterocycles. The number of methoxy groups -OCH3 is 2. The summed E-state index contributed by atoms with van der Waals surface area (Å²) in [5, 5.41) is 6.27. The number of fused-ring (bicyclic) bond motifs is 1. The van der Waals surface area contributed by atoms with Crippen LogP contribution in [0.2, 0.25) is 0 Å². The van der Waals surface area contributed by atoms with Crippen molar-refractivity contribution >= 4 is 34.4 Å². The summed E-state index contributed by atoms with van der Waals surface area (Å²) in [5.74, 6) is 0.243. The Morgan fingerprint density at radius 1 is 1.10 bits per heavy atom. The first-order valence-corrected chi connectivity index (χ1v) is 9.69. The summed E-state index contributed by atoms with van der Waals surface area (Å²) in [6.45, 7) is 0.0613. The maximum absolute atomic E-state index is 12.8. The lowest BCUT2D eigenvalue weighted by atomic mass is 10.1. The van der Waals surface area contributed by atoms with Gasteiger partial charge in [0.1, 0.15) is 6.04 Å². The van der Waals surface area contributed by atoms with Crippen LogP contribution < -0.4 is 20.1 Å². The number of aromatic nitrogens is 1. The summed E-state index contributed by atoms with van der Waals surface area (Å²) in [5.41, 5.74) is 2.23. The molecule has 2 heterocycles. The van der Waals surface area contributed by atoms with Gasteiger partial charge in [-0.1, -0.05) is 12.1 Å². The van der Waals surface area contributed by atoms with Crippen LogP contribution in [0, 0.1) is 0 Å². The highest BCUT2D eigenvalue weighted by atomic mass is 16.5. The van der Waals surface area contributed by atoms with Gasteiger partial charge >= 0.3 is 6.03 Å². The standard InChI is InChI=1S/C22H22N4O5/c1-30-18-7-6-13(10-19(18)31-2)12-26-21(28)17(25-22(26)29)11-20(27)24-16-5-3-4-15-14(16)8-9-23-15/h3-10,17,23H,11-12H2,1-2H3,(H,24,27)(H,25,29)/t17-/m1/s1. The lowest BCUT2D eigenvalue weighted by Gasteiger charge is -2.15. The van der Waals surface area contributed by atoms with Crippen molar-refractivity contribution in [3.05, 3.63) is 54.2 Å². The summed E-state index contributed by atoms with van der Waals surface area (Å²) in [4.78, 5) is 41.8. The summed E-state index contributed by atoms with van der Waals surface area (Å²) >= 11 is 0. The number of nitrogens with zero attached hydrogens (tertiary/aromatic N) is 1. The molecule has 0 unspecified atom stereocenters. The molecule has 9 heteroatoms. The monoisotopic (exact) mass is 422 g/mol. The second-order valence-electron chi connectivity index (χ2n) is 7.11. The topological polar surface area (TPSA) is 113 Å². The van der Waals surface area contributed by atoms with Crippen LogP contribution in [-0.4, -0.2) is 48.0 Å². The van der Waals surface area contributed by atoms with Crippen molar-refractivity contribution < 1.29 is 23.9 Å². The molecule has 0 bridgehead atoms. The van der Waals surface area contributed by atoms with Crippen molar-refractivity contribution in [2.75, 3.05) is 19.5 Å². The number of imide groups is 1. The molecule has 0 saturated carbocycles. The quantitative estimate of drug-likeness (QED) is 0.507. The Bertz CT molecular complexity index is 1160. The van der Waals surface area contributed by atoms with Gasteiger partial charge in [0.05, 0.1) is 32.9 Å². The molecule has 31 heavy (non-hydrogen) atoms. The summed E-state index contributed by atoms with van der Waals surface area (Å²) in [7, 11) is 3.04. The molecule has 3 N–H and O–H groups in total. The highest BCUT2D eigenvalue weighted by molar-refractivity contribution is 6.08. The van der Waals surface area contributed by atoms with E-state index in [1.54, 1.807) is 30.5 Å². The summed E-state index contributed by atoms with van der Waals surface area (Å²) in [6.07, 6.45) is 1.63. The molecule has 3 aromatic rings. The molecule has 1 aliphatic rings. The van der Waals surface area contributed by atoms with Crippen LogP contribution in [0.5, 0.6) is 11.5 Å². The number of aromatic amines is 1. The Hall–Kier alpha value is -4.01. The van der Waals surface area contributed by atoms with E-state index in [1.165, 1.54) is 14.2 Å². The van der Waals surface area contributed by atoms with Gasteiger partial charge in [0.25, 0.3) is 5.91 Å². The van der Waals surface area contributed by atoms with Gasteiger partial charge in [-0.3, -0.25) is 14.5 Å². The molecule has 2 aromatic carbocycles. The predicted molar refractivity (Wildman–Crippen MR) is 114 cm³/mol. The molecule has 4 amide bonds. The highest BCUT2D eigenvalue weighted by Crippen LogP contribution is 2.28. The minimum Gasteiger partial charge on any atom is -0.493 e. The zero-order valence-electron chi connectivity index (χ0n) is 17.1. The van der Waals surface area contributed by atoms with E-state index in [1.807, 2.05) is 18.2 Å². The van der Waals surface area contributed by atoms with E-state index in [0.29, 0.717) is 22.7 Å². The van der Waals surface area contributed by atoms with E-state index in [9.17, 15) is 14.4 Å². The third kappa shape index (κ3) is 4.02. The number of anilines is 1. The van der Waals surface area contributed by atoms with Crippen molar-refractivity contribution in [1.82, 2.24) is 15.2 Å². The number of carbonyl (C=O) groups is 3. The maximum Gasteiger partial charge on any atom is 0.325 e. The van der Waals surface area contributed by atoms with E-state index >= 15 is 0 Å². The second-order valence-corrected chi connectivity index (χ2v) is 7.11. The highest BCUT2D eigenvalue weighted by Gasteiger charge is 2.39. The van der Waals surface area contributed by atoms with Gasteiger partial charge in [-0.15, -0.1) is 0 Å². The zero-order chi connectivity index (χ0) is 22.0. The molecule has 1 aromatic heterocycles. The maximum atomic E-state index is 12.8. The SMILES string of the molecule is COc1ccc(CN2C(=O)N[C@H](CC(=O)Nc3cccc4[nH]ccc34)C2=O)cc1OC. The van der Waals surface area contributed by atoms with Gasteiger partial charge in [0.15, 0.2) is 11.5 Å². The number of benzene rings is 2. The van der Waals surface area contributed by atoms with Gasteiger partial charge in [0.2, 0.25) is 5.91 Å². The fourth-order valence-corrected chi connectivity index (χ4v) is 3.61. The number of hydrogen-bond donors (Lipinski definition) is 3. The number of nitrogens with one attached hydrogen (secondary N) is 3. The molecule has 0 aliphatic carbocycles. The number of hydrogen-bond acceptors (Lipinski definition) is 5. The van der Waals surface area contributed by atoms with E-state index < -0.39 is 18.0 Å². The fourth-order valence-electron chi connectivity index (χ4n) is 3.61. The molecule has 1 fully saturated rings. The van der Waals surface area contributed by atoms with E-state index in [0.717, 1.165) is 15.8 Å². The van der Waals surface area contributed by atoms with Crippen molar-refractivity contribution in [3.63, 3.8) is 0 Å². The first-order valence-electron chi connectivity index (χ1n) is 9.69. The van der Waals surface area contributed by atoms with Gasteiger partial charge in [-0.05, 0) is 35.9 Å². The van der Waals surface area contributed by atoms with Crippen molar-refractivity contribution in [3.8, 4) is 11.5 Å². The molecule has 9 nitrogen and oxygen atoms in total. The smallest absolute Gasteiger partial charge is 0.325 e. The first-order chi connectivity index (χ1) is 15.0. The molecular formula is C22H22N4O5. The number of ether oxygens (including phenoxy) is 2. The number of amides is 4. The molecule has 4 rings (SSSR count). The van der Waals surface area contributed by atoms with E-state index in [-0.39, 0.29) is 18.9 Å². The Morgan fingerprint density at radius 3 is 2.68 bits per heavy atom. The van der Waals surface area contributed by atoms with Crippen LogP contribution in [0.3, 0.4) is 0 Å². The van der Waals surface area contributed by atoms with Crippen LogP contribution in [0.4, 0.5) is 10.5 Å². The van der Waals surface area contributed by atoms with Crippen molar-refractivity contribution in [1.29, 1.82) is 0 Å². The van der Waals surface area contributed by atoms with Crippen LogP contribution >= 0.6 is 0 Å². The normalized spacial score (nSPS) is 15.8. The van der Waals surface area contributed by atoms with Gasteiger partial charge in [0, 0.05) is 17.1 Å². The van der Waals surface area contributed by atoms with E-state index in [2.05, 4.69) is 15.6 Å². The summed E-state index contributed by atoms with van der Waals surface area (Å²) in [6, 6.07) is 11.1. The number of carbonyl (C=O) groups excluding carboxylic acids is 3. The molecular weight excluding hydrogens is 400 g/mol. The number of urea groups is 1. The van der Waals surface area contributed by atoms with Crippen molar-refractivity contribution in [2.45, 2.75) is 19.0 Å². The Morgan fingerprint density at radius 2 is 1.90 bits per heavy atom. The van der Waals surface area contributed by atoms with Crippen LogP contribution in [0.1, 0.15) is 12.0 Å². The van der Waals surface area contributed by atoms with Gasteiger partial charge in [-0.2, -0.15) is 0 Å². The Kier molecular flexibility index (Phi) is 5.48. The minimum absolute atomic E-state index is 0.0613. The summed E-state index contributed by atoms with van der Waals surface area (Å²) < 4.78 is 10.5. The lowest BCUT2D eigenvalue weighted by Crippen LogP contribution is -2.34. The molecule has 1 aliphatic heterocycles. The minimum atomic E-state index is -0.918. The Balaban J connectivity index is 1.42. The number of rotatable bonds is 7. The molecule has 0 radical (unpaired) electrons. The lowest BCUT2D eigenvalue weighted by molar-refractivity contribution is -0.130. The predicted octanol–water partition coefficient (Wildman–Crippen LogP) is 2.63. The average Bonchev–Trinajstić information content (AvgIpc) is 3.35. The second kappa shape index (κ2) is 8.39. The fraction of sp³-hybridized carbons (Fsp3) is 0.227. The first kappa shape index (κ1) is 20.3. The molecule has 1 atom stereocenters. The number of H-pyrrole nitrogens is 1. The van der Waals surface area contributed by atoms with Gasteiger partial charge < -0.3 is 25.1 Å². The van der Waals surface area contributed by atoms with Crippen LogP contribution in [0.15, 0.2) is 48.7 Å². The third-order valence-electron chi connectivity index (χ3n) is 5.15. The van der Waals surface area contributed by atoms with Crippen LogP contribution in [-0.2, 0) is 16.1 Å². The molecule has 160 valence electrons. The average molecular weight is 422 g/mol. The van der Waals surface area contributed by atoms with E-state index in [4.69, 9.17) is 9.47 Å². The van der Waals surface area contributed by atoms with Gasteiger partial charge in [-0.25, -0.2) is 4.79 Å². The van der Waals surface area contributed by atoms with Crippen LogP contribution in [0.25, 0.3) is 10.9 Å². The van der Waals surface area contributed by atoms with Crippen molar-refractivity contribution in [2.24, 2.45) is 0 Å². The zero-order valence-corrected chi connectivity index (χ0v) is 17.1. The molecule has 0 spiro atoms. The third-order valence-corrected chi connectivity index (χ3v) is 5.15.